The van der Waals surface area contributed by atoms with Gasteiger partial charge in [0.15, 0.2) is 0 Å². The fourth-order valence-corrected chi connectivity index (χ4v) is 3.65. The number of esters is 1. The monoisotopic (exact) mass is 499 g/mol. The molecule has 0 amide bonds. The van der Waals surface area contributed by atoms with E-state index in [1.165, 1.54) is 12.1 Å². The lowest BCUT2D eigenvalue weighted by atomic mass is 10.1. The predicted molar refractivity (Wildman–Crippen MR) is 135 cm³/mol. The first-order valence-electron chi connectivity index (χ1n) is 11.8. The number of aromatic hydroxyl groups is 1. The molecule has 0 saturated carbocycles. The molecule has 1 aromatic heterocycles. The van der Waals surface area contributed by atoms with Crippen molar-refractivity contribution in [2.75, 3.05) is 47.1 Å². The van der Waals surface area contributed by atoms with Crippen LogP contribution in [0.25, 0.3) is 11.0 Å². The minimum atomic E-state index is -0.415. The summed E-state index contributed by atoms with van der Waals surface area (Å²) in [5, 5.41) is 10.9. The molecular weight excluding hydrogens is 466 g/mol. The van der Waals surface area contributed by atoms with Crippen molar-refractivity contribution >= 4 is 16.9 Å². The van der Waals surface area contributed by atoms with Crippen LogP contribution in [0.1, 0.15) is 35.0 Å². The number of carbonyl (C=O) groups is 1. The second kappa shape index (κ2) is 13.1. The first kappa shape index (κ1) is 27.2. The summed E-state index contributed by atoms with van der Waals surface area (Å²) in [5.74, 6) is 0.301. The SMILES string of the molecule is CCCOC(=O)c1ccc(Oc2c(C)oc3c(CN(CCOC)CCOC)c(O)ccc3c2=O)cc1. The third-order valence-corrected chi connectivity index (χ3v) is 5.61. The van der Waals surface area contributed by atoms with Crippen molar-refractivity contribution in [3.05, 3.63) is 63.5 Å². The summed E-state index contributed by atoms with van der Waals surface area (Å²) in [5.41, 5.74) is 0.839. The van der Waals surface area contributed by atoms with Gasteiger partial charge in [0, 0.05) is 33.9 Å². The molecule has 1 heterocycles. The Morgan fingerprint density at radius 1 is 1.00 bits per heavy atom. The Morgan fingerprint density at radius 2 is 1.67 bits per heavy atom. The normalized spacial score (nSPS) is 11.2. The van der Waals surface area contributed by atoms with E-state index in [4.69, 9.17) is 23.4 Å². The fraction of sp³-hybridized carbons (Fsp3) is 0.407. The summed E-state index contributed by atoms with van der Waals surface area (Å²) >= 11 is 0. The van der Waals surface area contributed by atoms with E-state index < -0.39 is 5.97 Å². The van der Waals surface area contributed by atoms with Crippen molar-refractivity contribution in [2.24, 2.45) is 0 Å². The summed E-state index contributed by atoms with van der Waals surface area (Å²) in [6.45, 7) is 6.48. The Labute approximate surface area is 210 Å². The number of hydrogen-bond acceptors (Lipinski definition) is 9. The lowest BCUT2D eigenvalue weighted by molar-refractivity contribution is 0.0505. The Morgan fingerprint density at radius 3 is 2.28 bits per heavy atom. The first-order valence-corrected chi connectivity index (χ1v) is 11.8. The number of ether oxygens (including phenoxy) is 4. The zero-order chi connectivity index (χ0) is 26.1. The Bertz CT molecular complexity index is 1210. The van der Waals surface area contributed by atoms with Crippen molar-refractivity contribution in [1.82, 2.24) is 4.90 Å². The van der Waals surface area contributed by atoms with E-state index in [-0.39, 0.29) is 22.7 Å². The molecule has 194 valence electrons. The number of phenolic OH excluding ortho intramolecular Hbond substituents is 1. The van der Waals surface area contributed by atoms with Gasteiger partial charge >= 0.3 is 5.97 Å². The van der Waals surface area contributed by atoms with E-state index in [0.717, 1.165) is 6.42 Å². The summed E-state index contributed by atoms with van der Waals surface area (Å²) in [7, 11) is 3.25. The molecule has 0 radical (unpaired) electrons. The van der Waals surface area contributed by atoms with Crippen LogP contribution >= 0.6 is 0 Å². The topological polar surface area (TPSA) is 108 Å². The highest BCUT2D eigenvalue weighted by molar-refractivity contribution is 5.89. The van der Waals surface area contributed by atoms with Crippen LogP contribution in [-0.2, 0) is 20.8 Å². The van der Waals surface area contributed by atoms with E-state index >= 15 is 0 Å². The maximum Gasteiger partial charge on any atom is 0.338 e. The van der Waals surface area contributed by atoms with Crippen LogP contribution in [0.2, 0.25) is 0 Å². The molecule has 0 bridgehead atoms. The number of carbonyl (C=O) groups excluding carboxylic acids is 1. The molecule has 9 nitrogen and oxygen atoms in total. The lowest BCUT2D eigenvalue weighted by Crippen LogP contribution is -2.30. The van der Waals surface area contributed by atoms with Crippen LogP contribution < -0.4 is 10.2 Å². The lowest BCUT2D eigenvalue weighted by Gasteiger charge is -2.22. The highest BCUT2D eigenvalue weighted by atomic mass is 16.5. The average molecular weight is 500 g/mol. The zero-order valence-corrected chi connectivity index (χ0v) is 21.2. The number of methoxy groups -OCH3 is 2. The van der Waals surface area contributed by atoms with Crippen molar-refractivity contribution in [1.29, 1.82) is 0 Å². The molecule has 1 N–H and O–H groups in total. The molecule has 0 unspecified atom stereocenters. The van der Waals surface area contributed by atoms with Crippen molar-refractivity contribution in [3.8, 4) is 17.2 Å². The van der Waals surface area contributed by atoms with Crippen LogP contribution in [0, 0.1) is 6.92 Å². The molecule has 9 heteroatoms. The molecule has 0 spiro atoms. The predicted octanol–water partition coefficient (Wildman–Crippen LogP) is 4.26. The third-order valence-electron chi connectivity index (χ3n) is 5.61. The van der Waals surface area contributed by atoms with Gasteiger partial charge < -0.3 is 28.5 Å². The fourth-order valence-electron chi connectivity index (χ4n) is 3.65. The van der Waals surface area contributed by atoms with Crippen LogP contribution in [0.15, 0.2) is 45.6 Å². The first-order chi connectivity index (χ1) is 17.4. The van der Waals surface area contributed by atoms with Crippen LogP contribution in [0.5, 0.6) is 17.2 Å². The van der Waals surface area contributed by atoms with Gasteiger partial charge in [-0.1, -0.05) is 6.92 Å². The Hall–Kier alpha value is -3.40. The third kappa shape index (κ3) is 6.63. The second-order valence-electron chi connectivity index (χ2n) is 8.28. The molecule has 36 heavy (non-hydrogen) atoms. The maximum absolute atomic E-state index is 13.3. The van der Waals surface area contributed by atoms with Gasteiger partial charge in [-0.15, -0.1) is 0 Å². The molecule has 0 aliphatic rings. The number of aryl methyl sites for hydroxylation is 1. The number of rotatable bonds is 13. The molecule has 0 fully saturated rings. The molecule has 3 rings (SSSR count). The molecule has 2 aromatic carbocycles. The summed E-state index contributed by atoms with van der Waals surface area (Å²) in [4.78, 5) is 27.4. The highest BCUT2D eigenvalue weighted by Gasteiger charge is 2.20. The van der Waals surface area contributed by atoms with Gasteiger partial charge in [-0.05, 0) is 49.7 Å². The molecule has 3 aromatic rings. The van der Waals surface area contributed by atoms with Crippen molar-refractivity contribution in [2.45, 2.75) is 26.8 Å². The second-order valence-corrected chi connectivity index (χ2v) is 8.28. The quantitative estimate of drug-likeness (QED) is 0.345. The number of phenols is 1. The molecule has 0 atom stereocenters. The van der Waals surface area contributed by atoms with Gasteiger partial charge in [0.2, 0.25) is 11.2 Å². The standard InChI is InChI=1S/C27H33NO8/c1-5-14-34-27(31)19-6-8-20(9-7-19)36-25-18(2)35-26-21(24(25)30)10-11-23(29)22(26)17-28(12-15-32-3)13-16-33-4/h6-11,29H,5,12-17H2,1-4H3. The zero-order valence-electron chi connectivity index (χ0n) is 21.2. The Balaban J connectivity index is 1.91. The van der Waals surface area contributed by atoms with E-state index in [1.54, 1.807) is 45.4 Å². The number of benzene rings is 2. The number of nitrogens with zero attached hydrogens (tertiary/aromatic N) is 1. The van der Waals surface area contributed by atoms with Crippen molar-refractivity contribution in [3.63, 3.8) is 0 Å². The molecule has 0 aliphatic carbocycles. The van der Waals surface area contributed by atoms with Gasteiger partial charge in [-0.3, -0.25) is 9.69 Å². The number of hydrogen-bond donors (Lipinski definition) is 1. The minimum Gasteiger partial charge on any atom is -0.507 e. The number of fused-ring (bicyclic) bond motifs is 1. The largest absolute Gasteiger partial charge is 0.507 e. The van der Waals surface area contributed by atoms with Crippen molar-refractivity contribution < 1.29 is 33.3 Å². The van der Waals surface area contributed by atoms with Gasteiger partial charge in [-0.25, -0.2) is 4.79 Å². The molecule has 0 saturated heterocycles. The van der Waals surface area contributed by atoms with E-state index in [1.807, 2.05) is 11.8 Å². The minimum absolute atomic E-state index is 0.0316. The molecule has 0 aliphatic heterocycles. The summed E-state index contributed by atoms with van der Waals surface area (Å²) < 4.78 is 27.4. The van der Waals surface area contributed by atoms with E-state index in [9.17, 15) is 14.7 Å². The van der Waals surface area contributed by atoms with E-state index in [0.29, 0.717) is 67.3 Å². The van der Waals surface area contributed by atoms with Gasteiger partial charge in [0.25, 0.3) is 0 Å². The summed E-state index contributed by atoms with van der Waals surface area (Å²) in [6.07, 6.45) is 0.738. The van der Waals surface area contributed by atoms with Crippen LogP contribution in [-0.4, -0.2) is 63.1 Å². The van der Waals surface area contributed by atoms with Crippen LogP contribution in [0.4, 0.5) is 0 Å². The maximum atomic E-state index is 13.3. The smallest absolute Gasteiger partial charge is 0.338 e. The summed E-state index contributed by atoms with van der Waals surface area (Å²) in [6, 6.07) is 9.35. The van der Waals surface area contributed by atoms with Gasteiger partial charge in [0.05, 0.1) is 36.3 Å². The highest BCUT2D eigenvalue weighted by Crippen LogP contribution is 2.31. The van der Waals surface area contributed by atoms with Gasteiger partial charge in [-0.2, -0.15) is 0 Å². The average Bonchev–Trinajstić information content (AvgIpc) is 2.88. The van der Waals surface area contributed by atoms with E-state index in [2.05, 4.69) is 0 Å². The Kier molecular flexibility index (Phi) is 9.86. The van der Waals surface area contributed by atoms with Gasteiger partial charge in [0.1, 0.15) is 22.8 Å². The van der Waals surface area contributed by atoms with Crippen LogP contribution in [0.3, 0.4) is 0 Å². The molecular formula is C27H33NO8.